The molecule has 100 valence electrons. The quantitative estimate of drug-likeness (QED) is 0.922. The number of rotatable bonds is 4. The van der Waals surface area contributed by atoms with Crippen LogP contribution in [0.3, 0.4) is 0 Å². The Morgan fingerprint density at radius 3 is 2.89 bits per heavy atom. The van der Waals surface area contributed by atoms with Crippen LogP contribution in [0.1, 0.15) is 31.4 Å². The molecule has 1 heterocycles. The van der Waals surface area contributed by atoms with Crippen molar-refractivity contribution in [3.05, 3.63) is 34.3 Å². The first kappa shape index (κ1) is 14.0. The van der Waals surface area contributed by atoms with Gasteiger partial charge in [-0.25, -0.2) is 8.42 Å². The fourth-order valence-electron chi connectivity index (χ4n) is 2.29. The molecule has 0 bridgehead atoms. The Balaban J connectivity index is 1.94. The fourth-order valence-corrected chi connectivity index (χ4v) is 4.48. The predicted octanol–water partition coefficient (Wildman–Crippen LogP) is 2.68. The molecule has 1 N–H and O–H groups in total. The van der Waals surface area contributed by atoms with E-state index in [9.17, 15) is 8.42 Å². The summed E-state index contributed by atoms with van der Waals surface area (Å²) in [6, 6.07) is 8.24. The summed E-state index contributed by atoms with van der Waals surface area (Å²) in [6.07, 6.45) is 1.60. The largest absolute Gasteiger partial charge is 0.309 e. The molecule has 0 aliphatic carbocycles. The zero-order chi connectivity index (χ0) is 13.2. The molecule has 0 radical (unpaired) electrons. The summed E-state index contributed by atoms with van der Waals surface area (Å²) < 4.78 is 24.5. The molecule has 1 aromatic rings. The van der Waals surface area contributed by atoms with Crippen LogP contribution >= 0.6 is 15.9 Å². The van der Waals surface area contributed by atoms with Crippen LogP contribution in [0.25, 0.3) is 0 Å². The summed E-state index contributed by atoms with van der Waals surface area (Å²) in [7, 11) is -2.84. The molecule has 5 heteroatoms. The second-order valence-corrected chi connectivity index (χ2v) is 8.13. The van der Waals surface area contributed by atoms with Gasteiger partial charge in [0, 0.05) is 17.1 Å². The van der Waals surface area contributed by atoms with E-state index in [-0.39, 0.29) is 11.3 Å². The Morgan fingerprint density at radius 1 is 1.50 bits per heavy atom. The van der Waals surface area contributed by atoms with Crippen LogP contribution in [0.4, 0.5) is 0 Å². The normalized spacial score (nSPS) is 24.0. The highest BCUT2D eigenvalue weighted by molar-refractivity contribution is 9.10. The first-order chi connectivity index (χ1) is 8.49. The number of nitrogens with one attached hydrogen (secondary N) is 1. The monoisotopic (exact) mass is 331 g/mol. The van der Waals surface area contributed by atoms with Crippen molar-refractivity contribution in [1.29, 1.82) is 0 Å². The molecule has 1 aliphatic rings. The molecule has 1 fully saturated rings. The minimum absolute atomic E-state index is 0.165. The Bertz CT molecular complexity index is 515. The first-order valence-electron chi connectivity index (χ1n) is 6.19. The smallest absolute Gasteiger partial charge is 0.154 e. The summed E-state index contributed by atoms with van der Waals surface area (Å²) in [5.41, 5.74) is 1.17. The molecule has 1 aromatic carbocycles. The van der Waals surface area contributed by atoms with E-state index < -0.39 is 9.84 Å². The third kappa shape index (κ3) is 3.33. The molecule has 0 spiro atoms. The first-order valence-corrected chi connectivity index (χ1v) is 8.70. The SMILES string of the molecule is CC(NCC1CCCS1(=O)=O)c1cccc(Br)c1. The lowest BCUT2D eigenvalue weighted by Crippen LogP contribution is -2.32. The lowest BCUT2D eigenvalue weighted by molar-refractivity contribution is 0.538. The van der Waals surface area contributed by atoms with Crippen LogP contribution in [-0.2, 0) is 9.84 Å². The van der Waals surface area contributed by atoms with Crippen molar-refractivity contribution in [3.8, 4) is 0 Å². The average Bonchev–Trinajstić information content (AvgIpc) is 2.65. The number of sulfone groups is 1. The number of benzene rings is 1. The van der Waals surface area contributed by atoms with Crippen molar-refractivity contribution < 1.29 is 8.42 Å². The summed E-state index contributed by atoms with van der Waals surface area (Å²) in [5, 5.41) is 3.12. The van der Waals surface area contributed by atoms with E-state index in [1.54, 1.807) is 0 Å². The van der Waals surface area contributed by atoms with Crippen molar-refractivity contribution in [3.63, 3.8) is 0 Å². The zero-order valence-corrected chi connectivity index (χ0v) is 12.8. The van der Waals surface area contributed by atoms with Crippen LogP contribution in [0.15, 0.2) is 28.7 Å². The van der Waals surface area contributed by atoms with Crippen LogP contribution in [0, 0.1) is 0 Å². The molecule has 2 atom stereocenters. The van der Waals surface area contributed by atoms with Crippen LogP contribution in [0.5, 0.6) is 0 Å². The third-order valence-electron chi connectivity index (χ3n) is 3.46. The molecule has 18 heavy (non-hydrogen) atoms. The van der Waals surface area contributed by atoms with Gasteiger partial charge in [-0.1, -0.05) is 28.1 Å². The highest BCUT2D eigenvalue weighted by Crippen LogP contribution is 2.21. The molecule has 1 saturated heterocycles. The van der Waals surface area contributed by atoms with Gasteiger partial charge in [0.25, 0.3) is 0 Å². The van der Waals surface area contributed by atoms with Gasteiger partial charge < -0.3 is 5.32 Å². The molecule has 1 aliphatic heterocycles. The fraction of sp³-hybridized carbons (Fsp3) is 0.538. The van der Waals surface area contributed by atoms with Gasteiger partial charge in [-0.05, 0) is 37.5 Å². The summed E-state index contributed by atoms with van der Waals surface area (Å²) in [6.45, 7) is 2.61. The lowest BCUT2D eigenvalue weighted by Gasteiger charge is -2.17. The van der Waals surface area contributed by atoms with E-state index >= 15 is 0 Å². The van der Waals surface area contributed by atoms with E-state index in [1.165, 1.54) is 5.56 Å². The molecule has 2 unspecified atom stereocenters. The van der Waals surface area contributed by atoms with Gasteiger partial charge in [0.05, 0.1) is 11.0 Å². The third-order valence-corrected chi connectivity index (χ3v) is 6.23. The van der Waals surface area contributed by atoms with Gasteiger partial charge in [-0.3, -0.25) is 0 Å². The Kier molecular flexibility index (Phi) is 4.45. The number of hydrogen-bond acceptors (Lipinski definition) is 3. The second-order valence-electron chi connectivity index (χ2n) is 4.82. The number of halogens is 1. The van der Waals surface area contributed by atoms with Gasteiger partial charge in [0.1, 0.15) is 0 Å². The van der Waals surface area contributed by atoms with E-state index in [0.717, 1.165) is 17.3 Å². The minimum Gasteiger partial charge on any atom is -0.309 e. The Labute approximate surface area is 117 Å². The summed E-state index contributed by atoms with van der Waals surface area (Å²) in [4.78, 5) is 0. The van der Waals surface area contributed by atoms with E-state index in [0.29, 0.717) is 12.3 Å². The molecule has 0 saturated carbocycles. The van der Waals surface area contributed by atoms with Gasteiger partial charge in [-0.15, -0.1) is 0 Å². The van der Waals surface area contributed by atoms with Crippen molar-refractivity contribution in [1.82, 2.24) is 5.32 Å². The molecular weight excluding hydrogens is 314 g/mol. The Hall–Kier alpha value is -0.390. The van der Waals surface area contributed by atoms with E-state index in [2.05, 4.69) is 34.2 Å². The highest BCUT2D eigenvalue weighted by Gasteiger charge is 2.31. The van der Waals surface area contributed by atoms with E-state index in [4.69, 9.17) is 0 Å². The number of hydrogen-bond donors (Lipinski definition) is 1. The van der Waals surface area contributed by atoms with E-state index in [1.807, 2.05) is 18.2 Å². The molecule has 2 rings (SSSR count). The maximum absolute atomic E-state index is 11.7. The van der Waals surface area contributed by atoms with Crippen LogP contribution < -0.4 is 5.32 Å². The van der Waals surface area contributed by atoms with Crippen molar-refractivity contribution in [2.45, 2.75) is 31.1 Å². The average molecular weight is 332 g/mol. The molecule has 0 aromatic heterocycles. The van der Waals surface area contributed by atoms with Gasteiger partial charge >= 0.3 is 0 Å². The van der Waals surface area contributed by atoms with Gasteiger partial charge in [0.2, 0.25) is 0 Å². The maximum atomic E-state index is 11.7. The summed E-state index contributed by atoms with van der Waals surface area (Å²) >= 11 is 3.44. The predicted molar refractivity (Wildman–Crippen MR) is 77.4 cm³/mol. The molecule has 0 amide bonds. The highest BCUT2D eigenvalue weighted by atomic mass is 79.9. The minimum atomic E-state index is -2.84. The zero-order valence-electron chi connectivity index (χ0n) is 10.4. The maximum Gasteiger partial charge on any atom is 0.154 e. The van der Waals surface area contributed by atoms with Crippen molar-refractivity contribution in [2.75, 3.05) is 12.3 Å². The molecule has 3 nitrogen and oxygen atoms in total. The van der Waals surface area contributed by atoms with Gasteiger partial charge in [-0.2, -0.15) is 0 Å². The second kappa shape index (κ2) is 5.72. The van der Waals surface area contributed by atoms with Crippen LogP contribution in [0.2, 0.25) is 0 Å². The van der Waals surface area contributed by atoms with Crippen LogP contribution in [-0.4, -0.2) is 26.0 Å². The Morgan fingerprint density at radius 2 is 2.28 bits per heavy atom. The standard InChI is InChI=1S/C13H18BrNO2S/c1-10(11-4-2-5-12(14)8-11)15-9-13-6-3-7-18(13,16)17/h2,4-5,8,10,13,15H,3,6-7,9H2,1H3. The molecular formula is C13H18BrNO2S. The van der Waals surface area contributed by atoms with Crippen molar-refractivity contribution in [2.24, 2.45) is 0 Å². The van der Waals surface area contributed by atoms with Gasteiger partial charge in [0.15, 0.2) is 9.84 Å². The van der Waals surface area contributed by atoms with Crippen molar-refractivity contribution >= 4 is 25.8 Å². The lowest BCUT2D eigenvalue weighted by atomic mass is 10.1. The summed E-state index contributed by atoms with van der Waals surface area (Å²) in [5.74, 6) is 0.352. The topological polar surface area (TPSA) is 46.2 Å².